The van der Waals surface area contributed by atoms with Gasteiger partial charge in [-0.3, -0.25) is 14.6 Å². The molecule has 3 aliphatic heterocycles. The number of phenols is 1. The van der Waals surface area contributed by atoms with Crippen LogP contribution in [0.3, 0.4) is 0 Å². The first kappa shape index (κ1) is 21.2. The summed E-state index contributed by atoms with van der Waals surface area (Å²) in [6.07, 6.45) is 1.26. The van der Waals surface area contributed by atoms with Crippen LogP contribution in [-0.4, -0.2) is 60.2 Å². The highest BCUT2D eigenvalue weighted by Gasteiger charge is 2.42. The number of hydrogen-bond acceptors (Lipinski definition) is 9. The second kappa shape index (κ2) is 8.06. The van der Waals surface area contributed by atoms with Crippen molar-refractivity contribution in [3.63, 3.8) is 0 Å². The first-order valence-corrected chi connectivity index (χ1v) is 10.7. The van der Waals surface area contributed by atoms with Crippen LogP contribution in [0.1, 0.15) is 29.9 Å². The number of ether oxygens (including phenoxy) is 3. The number of methoxy groups -OCH3 is 1. The molecule has 11 nitrogen and oxygen atoms in total. The Bertz CT molecular complexity index is 1190. The van der Waals surface area contributed by atoms with Crippen molar-refractivity contribution in [1.82, 2.24) is 9.97 Å². The minimum absolute atomic E-state index is 0.0873. The molecule has 0 radical (unpaired) electrons. The van der Waals surface area contributed by atoms with Crippen LogP contribution < -0.4 is 20.5 Å². The molecule has 172 valence electrons. The van der Waals surface area contributed by atoms with Gasteiger partial charge in [0.1, 0.15) is 11.7 Å². The predicted molar refractivity (Wildman–Crippen MR) is 115 cm³/mol. The average Bonchev–Trinajstić information content (AvgIpc) is 3.26. The van der Waals surface area contributed by atoms with Gasteiger partial charge in [-0.25, -0.2) is 0 Å². The Morgan fingerprint density at radius 1 is 1.27 bits per heavy atom. The van der Waals surface area contributed by atoms with Crippen molar-refractivity contribution in [3.05, 3.63) is 39.7 Å². The molecule has 2 atom stereocenters. The van der Waals surface area contributed by atoms with Crippen molar-refractivity contribution >= 4 is 17.7 Å². The molecule has 3 aliphatic rings. The van der Waals surface area contributed by atoms with E-state index in [2.05, 4.69) is 15.3 Å². The summed E-state index contributed by atoms with van der Waals surface area (Å²) in [7, 11) is 1.40. The molecule has 2 saturated heterocycles. The van der Waals surface area contributed by atoms with E-state index in [1.807, 2.05) is 11.0 Å². The average molecular weight is 453 g/mol. The molecule has 33 heavy (non-hydrogen) atoms. The molecule has 2 unspecified atom stereocenters. The van der Waals surface area contributed by atoms with E-state index in [9.17, 15) is 20.0 Å². The monoisotopic (exact) mass is 453 g/mol. The summed E-state index contributed by atoms with van der Waals surface area (Å²) in [5.74, 6) is -2.58. The van der Waals surface area contributed by atoms with E-state index in [0.29, 0.717) is 50.7 Å². The van der Waals surface area contributed by atoms with E-state index in [4.69, 9.17) is 14.2 Å². The number of fused-ring (bicyclic) bond motifs is 1. The second-order valence-corrected chi connectivity index (χ2v) is 8.25. The lowest BCUT2D eigenvalue weighted by Gasteiger charge is -2.38. The van der Waals surface area contributed by atoms with E-state index >= 15 is 0 Å². The number of aromatic nitrogens is 2. The quantitative estimate of drug-likeness (QED) is 0.620. The summed E-state index contributed by atoms with van der Waals surface area (Å²) >= 11 is 0. The topological polar surface area (TPSA) is 150 Å². The number of H-pyrrole nitrogens is 1. The lowest BCUT2D eigenvalue weighted by atomic mass is 9.79. The number of carbonyl (C=O) groups is 1. The zero-order valence-corrected chi connectivity index (χ0v) is 18.0. The Morgan fingerprint density at radius 3 is 2.67 bits per heavy atom. The summed E-state index contributed by atoms with van der Waals surface area (Å²) in [6, 6.07) is 6.48. The van der Waals surface area contributed by atoms with Gasteiger partial charge >= 0.3 is 0 Å². The van der Waals surface area contributed by atoms with Crippen molar-refractivity contribution in [2.24, 2.45) is 5.92 Å². The van der Waals surface area contributed by atoms with Crippen molar-refractivity contribution in [1.29, 1.82) is 5.26 Å². The number of anilines is 2. The van der Waals surface area contributed by atoms with Crippen molar-refractivity contribution in [3.8, 4) is 17.6 Å². The third kappa shape index (κ3) is 3.57. The summed E-state index contributed by atoms with van der Waals surface area (Å²) in [5.41, 5.74) is 0.234. The van der Waals surface area contributed by atoms with Gasteiger partial charge in [-0.2, -0.15) is 10.2 Å². The van der Waals surface area contributed by atoms with Gasteiger partial charge in [0.25, 0.3) is 5.56 Å². The Morgan fingerprint density at radius 2 is 2.00 bits per heavy atom. The molecule has 1 spiro atoms. The second-order valence-electron chi connectivity index (χ2n) is 8.25. The van der Waals surface area contributed by atoms with Crippen molar-refractivity contribution < 1.29 is 24.1 Å². The number of rotatable bonds is 3. The number of hydrogen-bond donors (Lipinski definition) is 3. The Kier molecular flexibility index (Phi) is 5.19. The third-order valence-electron chi connectivity index (χ3n) is 6.45. The van der Waals surface area contributed by atoms with E-state index in [1.54, 1.807) is 6.07 Å². The molecule has 0 saturated carbocycles. The SMILES string of the molecule is COc1cc(C2c3c(nc(N4CCC5(CC4)OCCO5)[nH]c3=O)NC(=O)C2C#N)ccc1O. The zero-order valence-electron chi connectivity index (χ0n) is 18.0. The predicted octanol–water partition coefficient (Wildman–Crippen LogP) is 1.05. The fourth-order valence-corrected chi connectivity index (χ4v) is 4.74. The molecule has 5 rings (SSSR count). The minimum atomic E-state index is -1.15. The van der Waals surface area contributed by atoms with Gasteiger partial charge < -0.3 is 29.5 Å². The van der Waals surface area contributed by atoms with Crippen molar-refractivity contribution in [2.75, 3.05) is 43.6 Å². The Balaban J connectivity index is 1.52. The number of phenolic OH excluding ortho intramolecular Hbond substituents is 1. The fourth-order valence-electron chi connectivity index (χ4n) is 4.74. The number of carbonyl (C=O) groups excluding carboxylic acids is 1. The van der Waals surface area contributed by atoms with Crippen LogP contribution in [0.15, 0.2) is 23.0 Å². The lowest BCUT2D eigenvalue weighted by Crippen LogP contribution is -2.46. The molecule has 0 aliphatic carbocycles. The molecule has 1 aromatic carbocycles. The molecule has 11 heteroatoms. The van der Waals surface area contributed by atoms with Crippen LogP contribution >= 0.6 is 0 Å². The number of aromatic amines is 1. The highest BCUT2D eigenvalue weighted by atomic mass is 16.7. The summed E-state index contributed by atoms with van der Waals surface area (Å²) in [6.45, 7) is 2.27. The Labute approximate surface area is 188 Å². The summed E-state index contributed by atoms with van der Waals surface area (Å²) in [4.78, 5) is 35.3. The lowest BCUT2D eigenvalue weighted by molar-refractivity contribution is -0.169. The van der Waals surface area contributed by atoms with Gasteiger partial charge in [-0.1, -0.05) is 6.07 Å². The van der Waals surface area contributed by atoms with Gasteiger partial charge in [-0.15, -0.1) is 0 Å². The van der Waals surface area contributed by atoms with Gasteiger partial charge in [0.2, 0.25) is 11.9 Å². The van der Waals surface area contributed by atoms with E-state index < -0.39 is 29.1 Å². The van der Waals surface area contributed by atoms with Gasteiger partial charge in [0.05, 0.1) is 32.0 Å². The normalized spacial score (nSPS) is 23.6. The number of nitriles is 1. The molecule has 1 aromatic heterocycles. The van der Waals surface area contributed by atoms with Crippen LogP contribution in [-0.2, 0) is 14.3 Å². The maximum atomic E-state index is 13.2. The van der Waals surface area contributed by atoms with Gasteiger partial charge in [-0.05, 0) is 17.7 Å². The molecule has 2 aromatic rings. The summed E-state index contributed by atoms with van der Waals surface area (Å²) < 4.78 is 16.7. The van der Waals surface area contributed by atoms with E-state index in [1.165, 1.54) is 19.2 Å². The van der Waals surface area contributed by atoms with Crippen molar-refractivity contribution in [2.45, 2.75) is 24.5 Å². The number of aromatic hydroxyl groups is 1. The first-order valence-electron chi connectivity index (χ1n) is 10.7. The molecule has 2 fully saturated rings. The molecule has 3 N–H and O–H groups in total. The third-order valence-corrected chi connectivity index (χ3v) is 6.45. The zero-order chi connectivity index (χ0) is 23.2. The van der Waals surface area contributed by atoms with E-state index in [0.717, 1.165) is 0 Å². The van der Waals surface area contributed by atoms with Gasteiger partial charge in [0.15, 0.2) is 17.3 Å². The van der Waals surface area contributed by atoms with Crippen LogP contribution in [0, 0.1) is 17.2 Å². The van der Waals surface area contributed by atoms with Crippen LogP contribution in [0.2, 0.25) is 0 Å². The van der Waals surface area contributed by atoms with Crippen LogP contribution in [0.5, 0.6) is 11.5 Å². The Hall–Kier alpha value is -3.62. The van der Waals surface area contributed by atoms with Crippen LogP contribution in [0.4, 0.5) is 11.8 Å². The first-order chi connectivity index (χ1) is 15.9. The maximum absolute atomic E-state index is 13.2. The smallest absolute Gasteiger partial charge is 0.258 e. The minimum Gasteiger partial charge on any atom is -0.504 e. The number of amides is 1. The fraction of sp³-hybridized carbons (Fsp3) is 0.455. The largest absolute Gasteiger partial charge is 0.504 e. The number of nitrogens with zero attached hydrogens (tertiary/aromatic N) is 3. The van der Waals surface area contributed by atoms with Crippen LogP contribution in [0.25, 0.3) is 0 Å². The molecular formula is C22H23N5O6. The summed E-state index contributed by atoms with van der Waals surface area (Å²) in [5, 5.41) is 22.3. The standard InChI is InChI=1S/C22H23N5O6/c1-31-15-10-12(2-3-14(15)28)16-13(11-23)19(29)24-18-17(16)20(30)26-21(25-18)27-6-4-22(5-7-27)32-8-9-33-22/h2-3,10,13,16,28H,4-9H2,1H3,(H2,24,25,26,29,30). The molecule has 4 heterocycles. The van der Waals surface area contributed by atoms with Gasteiger partial charge in [0, 0.05) is 31.8 Å². The molecule has 0 bridgehead atoms. The maximum Gasteiger partial charge on any atom is 0.258 e. The number of nitrogens with one attached hydrogen (secondary N) is 2. The highest BCUT2D eigenvalue weighted by molar-refractivity contribution is 5.98. The number of piperidine rings is 1. The number of benzene rings is 1. The van der Waals surface area contributed by atoms with E-state index in [-0.39, 0.29) is 22.9 Å². The molecular weight excluding hydrogens is 430 g/mol. The molecule has 1 amide bonds. The highest BCUT2D eigenvalue weighted by Crippen LogP contribution is 2.41.